The zero-order valence-corrected chi connectivity index (χ0v) is 11.1. The third-order valence-electron chi connectivity index (χ3n) is 3.46. The van der Waals surface area contributed by atoms with Gasteiger partial charge in [-0.05, 0) is 23.8 Å². The maximum atomic E-state index is 13.0. The second-order valence-electron chi connectivity index (χ2n) is 4.77. The molecule has 1 aliphatic heterocycles. The summed E-state index contributed by atoms with van der Waals surface area (Å²) in [5.74, 6) is -0.957. The summed E-state index contributed by atoms with van der Waals surface area (Å²) in [6, 6.07) is 10.8. The van der Waals surface area contributed by atoms with Crippen molar-refractivity contribution in [3.63, 3.8) is 0 Å². The summed E-state index contributed by atoms with van der Waals surface area (Å²) < 4.78 is 13.0. The number of halogens is 2. The van der Waals surface area contributed by atoms with Gasteiger partial charge in [0.1, 0.15) is 5.82 Å². The molecule has 0 aliphatic carbocycles. The van der Waals surface area contributed by atoms with E-state index >= 15 is 0 Å². The van der Waals surface area contributed by atoms with Crippen molar-refractivity contribution in [3.05, 3.63) is 64.4 Å². The molecule has 1 heterocycles. The van der Waals surface area contributed by atoms with Gasteiger partial charge < -0.3 is 10.4 Å². The Hall–Kier alpha value is -1.91. The van der Waals surface area contributed by atoms with Crippen molar-refractivity contribution in [2.75, 3.05) is 5.32 Å². The van der Waals surface area contributed by atoms with E-state index in [1.165, 1.54) is 18.2 Å². The molecular formula is C15H11ClFNO2. The molecule has 0 saturated carbocycles. The summed E-state index contributed by atoms with van der Waals surface area (Å²) in [5.41, 5.74) is -0.0797. The van der Waals surface area contributed by atoms with Gasteiger partial charge in [0.05, 0.1) is 0 Å². The van der Waals surface area contributed by atoms with Gasteiger partial charge >= 0.3 is 0 Å². The van der Waals surface area contributed by atoms with Gasteiger partial charge in [0.25, 0.3) is 5.91 Å². The number of hydrogen-bond donors (Lipinski definition) is 2. The van der Waals surface area contributed by atoms with Gasteiger partial charge in [0.15, 0.2) is 5.60 Å². The summed E-state index contributed by atoms with van der Waals surface area (Å²) in [5, 5.41) is 13.5. The van der Waals surface area contributed by atoms with Gasteiger partial charge in [-0.1, -0.05) is 35.9 Å². The van der Waals surface area contributed by atoms with Crippen molar-refractivity contribution in [2.24, 2.45) is 0 Å². The monoisotopic (exact) mass is 291 g/mol. The number of rotatable bonds is 2. The molecule has 102 valence electrons. The van der Waals surface area contributed by atoms with Gasteiger partial charge in [-0.3, -0.25) is 4.79 Å². The van der Waals surface area contributed by atoms with E-state index in [9.17, 15) is 14.3 Å². The van der Waals surface area contributed by atoms with E-state index in [1.807, 2.05) is 0 Å². The molecule has 1 aliphatic rings. The molecule has 0 fully saturated rings. The molecule has 2 N–H and O–H groups in total. The number of anilines is 1. The highest BCUT2D eigenvalue weighted by molar-refractivity contribution is 6.31. The lowest BCUT2D eigenvalue weighted by Gasteiger charge is -2.21. The lowest BCUT2D eigenvalue weighted by molar-refractivity contribution is -0.133. The molecule has 0 spiro atoms. The molecule has 1 amide bonds. The second-order valence-corrected chi connectivity index (χ2v) is 5.18. The lowest BCUT2D eigenvalue weighted by Crippen LogP contribution is -2.36. The molecule has 5 heteroatoms. The number of carbonyl (C=O) groups is 1. The van der Waals surface area contributed by atoms with E-state index in [1.54, 1.807) is 24.3 Å². The predicted molar refractivity (Wildman–Crippen MR) is 74.1 cm³/mol. The number of benzene rings is 2. The molecular weight excluding hydrogens is 281 g/mol. The summed E-state index contributed by atoms with van der Waals surface area (Å²) >= 11 is 5.96. The van der Waals surface area contributed by atoms with Gasteiger partial charge in [-0.2, -0.15) is 0 Å². The Kier molecular flexibility index (Phi) is 3.00. The SMILES string of the molecule is O=C1Nc2ccccc2C1(O)Cc1ccc(F)cc1Cl. The number of hydrogen-bond acceptors (Lipinski definition) is 2. The molecule has 2 aromatic carbocycles. The predicted octanol–water partition coefficient (Wildman–Crippen LogP) is 2.86. The fourth-order valence-corrected chi connectivity index (χ4v) is 2.65. The number of amides is 1. The zero-order valence-electron chi connectivity index (χ0n) is 10.4. The van der Waals surface area contributed by atoms with Crippen LogP contribution < -0.4 is 5.32 Å². The van der Waals surface area contributed by atoms with Crippen molar-refractivity contribution in [1.29, 1.82) is 0 Å². The fraction of sp³-hybridized carbons (Fsp3) is 0.133. The fourth-order valence-electron chi connectivity index (χ4n) is 2.42. The molecule has 1 unspecified atom stereocenters. The van der Waals surface area contributed by atoms with Crippen LogP contribution in [0.4, 0.5) is 10.1 Å². The van der Waals surface area contributed by atoms with Crippen molar-refractivity contribution < 1.29 is 14.3 Å². The third kappa shape index (κ3) is 1.97. The molecule has 0 aromatic heterocycles. The van der Waals surface area contributed by atoms with Crippen molar-refractivity contribution in [3.8, 4) is 0 Å². The first-order valence-electron chi connectivity index (χ1n) is 6.08. The van der Waals surface area contributed by atoms with E-state index in [-0.39, 0.29) is 11.4 Å². The molecule has 0 radical (unpaired) electrons. The molecule has 0 bridgehead atoms. The molecule has 2 aromatic rings. The molecule has 3 nitrogen and oxygen atoms in total. The summed E-state index contributed by atoms with van der Waals surface area (Å²) in [7, 11) is 0. The average Bonchev–Trinajstić information content (AvgIpc) is 2.66. The minimum atomic E-state index is -1.68. The zero-order chi connectivity index (χ0) is 14.3. The van der Waals surface area contributed by atoms with Crippen LogP contribution in [0.5, 0.6) is 0 Å². The van der Waals surface area contributed by atoms with Crippen LogP contribution >= 0.6 is 11.6 Å². The second kappa shape index (κ2) is 4.58. The third-order valence-corrected chi connectivity index (χ3v) is 3.81. The highest BCUT2D eigenvalue weighted by atomic mass is 35.5. The highest BCUT2D eigenvalue weighted by Gasteiger charge is 2.45. The average molecular weight is 292 g/mol. The Labute approximate surface area is 120 Å². The van der Waals surface area contributed by atoms with E-state index in [2.05, 4.69) is 5.32 Å². The minimum absolute atomic E-state index is 0.00500. The van der Waals surface area contributed by atoms with Crippen LogP contribution in [0.15, 0.2) is 42.5 Å². The summed E-state index contributed by atoms with van der Waals surface area (Å²) in [4.78, 5) is 12.1. The molecule has 0 saturated heterocycles. The first-order valence-corrected chi connectivity index (χ1v) is 6.46. The first kappa shape index (κ1) is 13.1. The Morgan fingerprint density at radius 2 is 2.00 bits per heavy atom. The Morgan fingerprint density at radius 1 is 1.25 bits per heavy atom. The Balaban J connectivity index is 2.03. The summed E-state index contributed by atoms with van der Waals surface area (Å²) in [6.45, 7) is 0. The number of carbonyl (C=O) groups excluding carboxylic acids is 1. The van der Waals surface area contributed by atoms with Crippen LogP contribution in [-0.4, -0.2) is 11.0 Å². The summed E-state index contributed by atoms with van der Waals surface area (Å²) in [6.07, 6.45) is -0.00500. The molecule has 20 heavy (non-hydrogen) atoms. The first-order chi connectivity index (χ1) is 9.50. The van der Waals surface area contributed by atoms with Gasteiger partial charge in [-0.25, -0.2) is 4.39 Å². The number of fused-ring (bicyclic) bond motifs is 1. The van der Waals surface area contributed by atoms with E-state index < -0.39 is 17.3 Å². The quantitative estimate of drug-likeness (QED) is 0.894. The van der Waals surface area contributed by atoms with Crippen LogP contribution in [0.25, 0.3) is 0 Å². The van der Waals surface area contributed by atoms with Crippen LogP contribution in [0.1, 0.15) is 11.1 Å². The normalized spacial score (nSPS) is 20.6. The van der Waals surface area contributed by atoms with Crippen LogP contribution in [0, 0.1) is 5.82 Å². The van der Waals surface area contributed by atoms with Gasteiger partial charge in [0, 0.05) is 22.7 Å². The standard InChI is InChI=1S/C15H11ClFNO2/c16-12-7-10(17)6-5-9(12)8-15(20)11-3-1-2-4-13(11)18-14(15)19/h1-7,20H,8H2,(H,18,19). The lowest BCUT2D eigenvalue weighted by atomic mass is 9.88. The Morgan fingerprint density at radius 3 is 2.75 bits per heavy atom. The maximum Gasteiger partial charge on any atom is 0.261 e. The van der Waals surface area contributed by atoms with Crippen molar-refractivity contribution >= 4 is 23.2 Å². The van der Waals surface area contributed by atoms with Crippen molar-refractivity contribution in [1.82, 2.24) is 0 Å². The van der Waals surface area contributed by atoms with Crippen LogP contribution in [0.2, 0.25) is 5.02 Å². The van der Waals surface area contributed by atoms with E-state index in [0.717, 1.165) is 0 Å². The van der Waals surface area contributed by atoms with E-state index in [4.69, 9.17) is 11.6 Å². The smallest absolute Gasteiger partial charge is 0.261 e. The molecule has 3 rings (SSSR count). The van der Waals surface area contributed by atoms with Crippen molar-refractivity contribution in [2.45, 2.75) is 12.0 Å². The highest BCUT2D eigenvalue weighted by Crippen LogP contribution is 2.39. The Bertz CT molecular complexity index is 704. The number of para-hydroxylation sites is 1. The maximum absolute atomic E-state index is 13.0. The largest absolute Gasteiger partial charge is 0.375 e. The van der Waals surface area contributed by atoms with E-state index in [0.29, 0.717) is 16.8 Å². The number of nitrogens with one attached hydrogen (secondary N) is 1. The van der Waals surface area contributed by atoms with Gasteiger partial charge in [-0.15, -0.1) is 0 Å². The minimum Gasteiger partial charge on any atom is -0.375 e. The molecule has 1 atom stereocenters. The van der Waals surface area contributed by atoms with Gasteiger partial charge in [0.2, 0.25) is 0 Å². The van der Waals surface area contributed by atoms with Crippen LogP contribution in [-0.2, 0) is 16.8 Å². The topological polar surface area (TPSA) is 49.3 Å². The van der Waals surface area contributed by atoms with Crippen LogP contribution in [0.3, 0.4) is 0 Å². The number of aliphatic hydroxyl groups is 1.